The molecule has 3 nitrogen and oxygen atoms in total. The second-order valence-electron chi connectivity index (χ2n) is 9.41. The van der Waals surface area contributed by atoms with E-state index in [1.807, 2.05) is 6.07 Å². The predicted molar refractivity (Wildman–Crippen MR) is 142 cm³/mol. The average Bonchev–Trinajstić information content (AvgIpc) is 3.11. The third-order valence-electron chi connectivity index (χ3n) is 7.08. The number of fused-ring (bicyclic) bond motifs is 1. The summed E-state index contributed by atoms with van der Waals surface area (Å²) in [5.74, 6) is 0.0956. The Kier molecular flexibility index (Phi) is 8.34. The normalized spacial score (nSPS) is 19.7. The summed E-state index contributed by atoms with van der Waals surface area (Å²) in [6.07, 6.45) is 13.5. The largest absolute Gasteiger partial charge is 0.317 e. The lowest BCUT2D eigenvalue weighted by Crippen LogP contribution is -2.18. The molecule has 1 saturated heterocycles. The van der Waals surface area contributed by atoms with Crippen molar-refractivity contribution >= 4 is 17.3 Å². The number of allylic oxidation sites excluding steroid dienone is 3. The molecule has 3 aromatic rings. The number of nitrogens with zero attached hydrogens (tertiary/aromatic N) is 2. The number of alkyl halides is 1. The minimum Gasteiger partial charge on any atom is -0.317 e. The van der Waals surface area contributed by atoms with E-state index in [1.54, 1.807) is 0 Å². The number of aryl methyl sites for hydroxylation is 1. The first-order valence-corrected chi connectivity index (χ1v) is 12.9. The van der Waals surface area contributed by atoms with Gasteiger partial charge < -0.3 is 5.32 Å². The molecule has 4 rings (SSSR count). The van der Waals surface area contributed by atoms with Crippen molar-refractivity contribution in [2.75, 3.05) is 13.1 Å². The molecule has 0 spiro atoms. The predicted octanol–water partition coefficient (Wildman–Crippen LogP) is 6.98. The van der Waals surface area contributed by atoms with Gasteiger partial charge in [-0.2, -0.15) is 0 Å². The van der Waals surface area contributed by atoms with Crippen LogP contribution in [0.15, 0.2) is 54.7 Å². The van der Waals surface area contributed by atoms with Gasteiger partial charge in [-0.3, -0.25) is 4.40 Å². The second kappa shape index (κ2) is 11.6. The number of nitrogens with one attached hydrogen (secondary N) is 1. The number of halogens is 1. The molecular formula is C30H38FN3. The molecule has 0 amide bonds. The third-order valence-corrected chi connectivity index (χ3v) is 7.08. The monoisotopic (exact) mass is 459 g/mol. The van der Waals surface area contributed by atoms with Gasteiger partial charge in [0.25, 0.3) is 0 Å². The molecule has 0 radical (unpaired) electrons. The number of rotatable bonds is 8. The average molecular weight is 460 g/mol. The van der Waals surface area contributed by atoms with Gasteiger partial charge in [0.2, 0.25) is 0 Å². The van der Waals surface area contributed by atoms with Crippen molar-refractivity contribution in [1.29, 1.82) is 0 Å². The van der Waals surface area contributed by atoms with Gasteiger partial charge in [-0.15, -0.1) is 0 Å². The van der Waals surface area contributed by atoms with Crippen molar-refractivity contribution in [1.82, 2.24) is 14.7 Å². The van der Waals surface area contributed by atoms with Crippen LogP contribution in [-0.4, -0.2) is 28.6 Å². The number of hydrogen-bond donors (Lipinski definition) is 1. The van der Waals surface area contributed by atoms with Crippen LogP contribution >= 0.6 is 0 Å². The van der Waals surface area contributed by atoms with Crippen molar-refractivity contribution in [2.45, 2.75) is 65.5 Å². The van der Waals surface area contributed by atoms with Gasteiger partial charge in [0.1, 0.15) is 11.8 Å². The molecular weight excluding hydrogens is 421 g/mol. The van der Waals surface area contributed by atoms with Gasteiger partial charge >= 0.3 is 0 Å². The topological polar surface area (TPSA) is 29.3 Å². The fourth-order valence-electron chi connectivity index (χ4n) is 5.01. The summed E-state index contributed by atoms with van der Waals surface area (Å²) in [5.41, 5.74) is 8.23. The molecule has 180 valence electrons. The molecule has 4 heteroatoms. The quantitative estimate of drug-likeness (QED) is 0.368. The molecule has 34 heavy (non-hydrogen) atoms. The Morgan fingerprint density at radius 3 is 2.82 bits per heavy atom. The maximum atomic E-state index is 14.7. The number of benzene rings is 1. The van der Waals surface area contributed by atoms with Crippen LogP contribution in [0.1, 0.15) is 67.6 Å². The van der Waals surface area contributed by atoms with Gasteiger partial charge in [-0.05, 0) is 92.4 Å². The molecule has 2 aromatic heterocycles. The van der Waals surface area contributed by atoms with Crippen LogP contribution in [0.3, 0.4) is 0 Å². The van der Waals surface area contributed by atoms with Crippen LogP contribution in [0.25, 0.3) is 17.3 Å². The first kappa shape index (κ1) is 24.4. The minimum absolute atomic E-state index is 0.0956. The summed E-state index contributed by atoms with van der Waals surface area (Å²) in [7, 11) is 0. The summed E-state index contributed by atoms with van der Waals surface area (Å²) in [6.45, 7) is 8.26. The Balaban J connectivity index is 1.65. The van der Waals surface area contributed by atoms with E-state index in [4.69, 9.17) is 4.98 Å². The molecule has 1 N–H and O–H groups in total. The smallest absolute Gasteiger partial charge is 0.137 e. The number of pyridine rings is 1. The molecule has 1 fully saturated rings. The lowest BCUT2D eigenvalue weighted by molar-refractivity contribution is 0.219. The highest BCUT2D eigenvalue weighted by molar-refractivity contribution is 5.80. The summed E-state index contributed by atoms with van der Waals surface area (Å²) in [5, 5.41) is 3.34. The van der Waals surface area contributed by atoms with Crippen molar-refractivity contribution < 1.29 is 4.39 Å². The van der Waals surface area contributed by atoms with Gasteiger partial charge in [0, 0.05) is 6.20 Å². The number of aromatic nitrogens is 2. The maximum absolute atomic E-state index is 14.7. The van der Waals surface area contributed by atoms with Crippen LogP contribution in [0, 0.1) is 12.8 Å². The fraction of sp³-hybridized carbons (Fsp3) is 0.433. The molecule has 1 aliphatic heterocycles. The molecule has 2 unspecified atom stereocenters. The highest BCUT2D eigenvalue weighted by Crippen LogP contribution is 2.28. The lowest BCUT2D eigenvalue weighted by Gasteiger charge is -2.20. The van der Waals surface area contributed by atoms with E-state index >= 15 is 0 Å². The lowest BCUT2D eigenvalue weighted by atomic mass is 9.88. The van der Waals surface area contributed by atoms with E-state index in [1.165, 1.54) is 28.0 Å². The summed E-state index contributed by atoms with van der Waals surface area (Å²) in [6, 6.07) is 12.6. The first-order valence-electron chi connectivity index (χ1n) is 12.9. The molecule has 0 aliphatic carbocycles. The van der Waals surface area contributed by atoms with Crippen molar-refractivity contribution in [3.05, 3.63) is 82.8 Å². The van der Waals surface area contributed by atoms with Crippen LogP contribution < -0.4 is 5.32 Å². The van der Waals surface area contributed by atoms with Crippen molar-refractivity contribution in [3.8, 4) is 0 Å². The van der Waals surface area contributed by atoms with E-state index in [0.29, 0.717) is 6.42 Å². The Bertz CT molecular complexity index is 1160. The highest BCUT2D eigenvalue weighted by Gasteiger charge is 2.24. The summed E-state index contributed by atoms with van der Waals surface area (Å²) in [4.78, 5) is 4.87. The minimum atomic E-state index is -0.722. The number of unbranched alkanes of at least 4 members (excludes halogenated alkanes) is 1. The van der Waals surface area contributed by atoms with Crippen molar-refractivity contribution in [3.63, 3.8) is 0 Å². The Labute approximate surface area is 203 Å². The molecule has 3 heterocycles. The van der Waals surface area contributed by atoms with E-state index in [2.05, 4.69) is 85.2 Å². The third kappa shape index (κ3) is 5.50. The molecule has 0 bridgehead atoms. The van der Waals surface area contributed by atoms with Crippen molar-refractivity contribution in [2.24, 2.45) is 5.92 Å². The Morgan fingerprint density at radius 2 is 2.00 bits per heavy atom. The van der Waals surface area contributed by atoms with E-state index in [0.717, 1.165) is 56.5 Å². The van der Waals surface area contributed by atoms with Gasteiger partial charge in [-0.1, -0.05) is 62.8 Å². The molecule has 0 saturated carbocycles. The molecule has 1 aromatic carbocycles. The van der Waals surface area contributed by atoms with Gasteiger partial charge in [0.15, 0.2) is 0 Å². The van der Waals surface area contributed by atoms with Crippen LogP contribution in [0.5, 0.6) is 0 Å². The Morgan fingerprint density at radius 1 is 1.15 bits per heavy atom. The Hall–Kier alpha value is -2.72. The SMILES string of the molecule is CCCC=C(C=Cc1cccc(CC2CCNCCC2F)c1C)c1c(CC)nc2ccccn12. The van der Waals surface area contributed by atoms with E-state index in [9.17, 15) is 4.39 Å². The second-order valence-corrected chi connectivity index (χ2v) is 9.41. The zero-order chi connectivity index (χ0) is 23.9. The zero-order valence-electron chi connectivity index (χ0n) is 20.9. The molecule has 1 aliphatic rings. The first-order chi connectivity index (χ1) is 16.6. The summed E-state index contributed by atoms with van der Waals surface area (Å²) >= 11 is 0. The van der Waals surface area contributed by atoms with E-state index < -0.39 is 6.17 Å². The van der Waals surface area contributed by atoms with Crippen LogP contribution in [0.2, 0.25) is 0 Å². The summed E-state index contributed by atoms with van der Waals surface area (Å²) < 4.78 is 16.9. The van der Waals surface area contributed by atoms with Crippen LogP contribution in [-0.2, 0) is 12.8 Å². The molecule has 2 atom stereocenters. The van der Waals surface area contributed by atoms with Gasteiger partial charge in [0.05, 0.1) is 11.4 Å². The fourth-order valence-corrected chi connectivity index (χ4v) is 5.01. The number of imidazole rings is 1. The standard InChI is InChI=1S/C30H38FN3/c1-4-6-10-24(30-28(5-2)33-29-13-7-8-20-34(29)30)15-14-23-11-9-12-25(22(23)3)21-26-16-18-32-19-17-27(26)31/h7-15,20,26-27,32H,4-6,16-19,21H2,1-3H3. The van der Waals surface area contributed by atoms with Gasteiger partial charge in [-0.25, -0.2) is 9.37 Å². The van der Waals surface area contributed by atoms with E-state index in [-0.39, 0.29) is 5.92 Å². The maximum Gasteiger partial charge on any atom is 0.137 e. The zero-order valence-corrected chi connectivity index (χ0v) is 20.9. The highest BCUT2D eigenvalue weighted by atomic mass is 19.1. The van der Waals surface area contributed by atoms with Crippen LogP contribution in [0.4, 0.5) is 4.39 Å². The number of hydrogen-bond acceptors (Lipinski definition) is 2.